The van der Waals surface area contributed by atoms with Crippen LogP contribution in [0.15, 0.2) is 87.7 Å². The van der Waals surface area contributed by atoms with Gasteiger partial charge in [0.2, 0.25) is 0 Å². The Morgan fingerprint density at radius 1 is 1.07 bits per heavy atom. The highest BCUT2D eigenvalue weighted by Crippen LogP contribution is 2.35. The van der Waals surface area contributed by atoms with Crippen molar-refractivity contribution in [1.29, 1.82) is 0 Å². The maximum atomic E-state index is 11.8. The standard InChI is InChI=1S/C21H18N4O3S/c1-15-7-10-18(11-8-15)29-20-12-9-16(13-19(20)25(27)28)14-22-24-21(26)23-17-5-3-2-4-6-17/h2-14H,1H3,(H2,23,24,26)/b22-14-. The summed E-state index contributed by atoms with van der Waals surface area (Å²) in [4.78, 5) is 24.3. The van der Waals surface area contributed by atoms with Gasteiger partial charge in [-0.2, -0.15) is 5.10 Å². The molecule has 0 spiro atoms. The van der Waals surface area contributed by atoms with Crippen LogP contribution in [0.25, 0.3) is 0 Å². The van der Waals surface area contributed by atoms with Crippen molar-refractivity contribution in [2.45, 2.75) is 16.7 Å². The molecule has 146 valence electrons. The van der Waals surface area contributed by atoms with E-state index in [0.717, 1.165) is 10.5 Å². The zero-order valence-electron chi connectivity index (χ0n) is 15.5. The van der Waals surface area contributed by atoms with E-state index in [2.05, 4.69) is 15.8 Å². The minimum absolute atomic E-state index is 0.0201. The van der Waals surface area contributed by atoms with Crippen LogP contribution in [-0.2, 0) is 0 Å². The molecule has 8 heteroatoms. The Labute approximate surface area is 172 Å². The van der Waals surface area contributed by atoms with E-state index < -0.39 is 11.0 Å². The number of benzene rings is 3. The zero-order chi connectivity index (χ0) is 20.6. The quantitative estimate of drug-likeness (QED) is 0.334. The van der Waals surface area contributed by atoms with Crippen molar-refractivity contribution >= 4 is 35.4 Å². The van der Waals surface area contributed by atoms with Gasteiger partial charge in [-0.1, -0.05) is 53.7 Å². The largest absolute Gasteiger partial charge is 0.339 e. The van der Waals surface area contributed by atoms with E-state index in [4.69, 9.17) is 0 Å². The molecular weight excluding hydrogens is 388 g/mol. The van der Waals surface area contributed by atoms with Gasteiger partial charge in [-0.15, -0.1) is 0 Å². The normalized spacial score (nSPS) is 10.7. The number of hydrogen-bond acceptors (Lipinski definition) is 5. The minimum atomic E-state index is -0.506. The molecule has 0 aliphatic rings. The number of carbonyl (C=O) groups excluding carboxylic acids is 1. The summed E-state index contributed by atoms with van der Waals surface area (Å²) in [6.45, 7) is 1.99. The topological polar surface area (TPSA) is 96.6 Å². The molecule has 29 heavy (non-hydrogen) atoms. The van der Waals surface area contributed by atoms with Crippen LogP contribution < -0.4 is 10.7 Å². The van der Waals surface area contributed by atoms with Gasteiger partial charge >= 0.3 is 6.03 Å². The van der Waals surface area contributed by atoms with Gasteiger partial charge < -0.3 is 5.32 Å². The molecule has 0 unspecified atom stereocenters. The number of nitro benzene ring substituents is 1. The smallest absolute Gasteiger partial charge is 0.307 e. The Balaban J connectivity index is 1.67. The van der Waals surface area contributed by atoms with E-state index in [0.29, 0.717) is 16.1 Å². The molecular formula is C21H18N4O3S. The van der Waals surface area contributed by atoms with Crippen molar-refractivity contribution in [2.75, 3.05) is 5.32 Å². The SMILES string of the molecule is Cc1ccc(Sc2ccc(/C=N\NC(=O)Nc3ccccc3)cc2[N+](=O)[O-])cc1. The Morgan fingerprint density at radius 2 is 1.79 bits per heavy atom. The molecule has 0 radical (unpaired) electrons. The minimum Gasteiger partial charge on any atom is -0.307 e. The lowest BCUT2D eigenvalue weighted by atomic mass is 10.2. The van der Waals surface area contributed by atoms with Gasteiger partial charge in [-0.05, 0) is 37.3 Å². The van der Waals surface area contributed by atoms with E-state index in [1.165, 1.54) is 24.0 Å². The third kappa shape index (κ3) is 5.91. The Hall–Kier alpha value is -3.65. The van der Waals surface area contributed by atoms with Crippen molar-refractivity contribution < 1.29 is 9.72 Å². The van der Waals surface area contributed by atoms with E-state index in [-0.39, 0.29) is 5.69 Å². The number of urea groups is 1. The molecule has 0 saturated heterocycles. The number of hydrogen-bond donors (Lipinski definition) is 2. The summed E-state index contributed by atoms with van der Waals surface area (Å²) in [5.41, 5.74) is 4.57. The van der Waals surface area contributed by atoms with Crippen LogP contribution in [-0.4, -0.2) is 17.2 Å². The highest BCUT2D eigenvalue weighted by molar-refractivity contribution is 7.99. The molecule has 0 saturated carbocycles. The lowest BCUT2D eigenvalue weighted by molar-refractivity contribution is -0.387. The molecule has 7 nitrogen and oxygen atoms in total. The first-order chi connectivity index (χ1) is 14.0. The summed E-state index contributed by atoms with van der Waals surface area (Å²) in [6, 6.07) is 21.0. The Bertz CT molecular complexity index is 1040. The summed E-state index contributed by atoms with van der Waals surface area (Å²) in [5, 5.41) is 17.9. The van der Waals surface area contributed by atoms with Gasteiger partial charge in [-0.25, -0.2) is 10.2 Å². The summed E-state index contributed by atoms with van der Waals surface area (Å²) < 4.78 is 0. The van der Waals surface area contributed by atoms with Gasteiger partial charge in [0.15, 0.2) is 0 Å². The fourth-order valence-corrected chi connectivity index (χ4v) is 3.32. The average Bonchev–Trinajstić information content (AvgIpc) is 2.71. The molecule has 3 rings (SSSR count). The van der Waals surface area contributed by atoms with E-state index in [1.807, 2.05) is 37.3 Å². The Kier molecular flexibility index (Phi) is 6.59. The lowest BCUT2D eigenvalue weighted by Gasteiger charge is -2.05. The number of para-hydroxylation sites is 1. The number of anilines is 1. The van der Waals surface area contributed by atoms with Gasteiger partial charge in [0, 0.05) is 22.2 Å². The Morgan fingerprint density at radius 3 is 2.48 bits per heavy atom. The maximum Gasteiger partial charge on any atom is 0.339 e. The second-order valence-electron chi connectivity index (χ2n) is 6.09. The monoisotopic (exact) mass is 406 g/mol. The second-order valence-corrected chi connectivity index (χ2v) is 7.20. The molecule has 3 aromatic carbocycles. The van der Waals surface area contributed by atoms with Crippen LogP contribution in [0.4, 0.5) is 16.2 Å². The number of aryl methyl sites for hydroxylation is 1. The summed E-state index contributed by atoms with van der Waals surface area (Å²) in [6.07, 6.45) is 1.36. The molecule has 0 atom stereocenters. The second kappa shape index (κ2) is 9.52. The van der Waals surface area contributed by atoms with E-state index >= 15 is 0 Å². The third-order valence-corrected chi connectivity index (χ3v) is 4.91. The van der Waals surface area contributed by atoms with E-state index in [9.17, 15) is 14.9 Å². The van der Waals surface area contributed by atoms with Crippen LogP contribution in [0.3, 0.4) is 0 Å². The molecule has 0 aliphatic carbocycles. The first kappa shape index (κ1) is 20.1. The van der Waals surface area contributed by atoms with Crippen LogP contribution >= 0.6 is 11.8 Å². The van der Waals surface area contributed by atoms with Gasteiger partial charge in [0.05, 0.1) is 16.0 Å². The number of carbonyl (C=O) groups is 1. The van der Waals surface area contributed by atoms with Gasteiger partial charge in [-0.3, -0.25) is 10.1 Å². The first-order valence-electron chi connectivity index (χ1n) is 8.69. The van der Waals surface area contributed by atoms with Crippen molar-refractivity contribution in [3.05, 3.63) is 94.0 Å². The highest BCUT2D eigenvalue weighted by atomic mass is 32.2. The number of hydrazone groups is 1. The summed E-state index contributed by atoms with van der Waals surface area (Å²) in [7, 11) is 0. The van der Waals surface area contributed by atoms with Crippen LogP contribution in [0.1, 0.15) is 11.1 Å². The molecule has 0 heterocycles. The molecule has 0 aromatic heterocycles. The molecule has 0 bridgehead atoms. The van der Waals surface area contributed by atoms with Crippen LogP contribution in [0.2, 0.25) is 0 Å². The van der Waals surface area contributed by atoms with Crippen LogP contribution in [0, 0.1) is 17.0 Å². The molecule has 3 aromatic rings. The van der Waals surface area contributed by atoms with Crippen LogP contribution in [0.5, 0.6) is 0 Å². The first-order valence-corrected chi connectivity index (χ1v) is 9.51. The molecule has 0 fully saturated rings. The summed E-state index contributed by atoms with van der Waals surface area (Å²) >= 11 is 1.32. The number of amides is 2. The summed E-state index contributed by atoms with van der Waals surface area (Å²) in [5.74, 6) is 0. The molecule has 2 amide bonds. The number of nitro groups is 1. The fraction of sp³-hybridized carbons (Fsp3) is 0.0476. The van der Waals surface area contributed by atoms with Gasteiger partial charge in [0.1, 0.15) is 0 Å². The lowest BCUT2D eigenvalue weighted by Crippen LogP contribution is -2.24. The van der Waals surface area contributed by atoms with E-state index in [1.54, 1.807) is 36.4 Å². The highest BCUT2D eigenvalue weighted by Gasteiger charge is 2.15. The number of nitrogens with one attached hydrogen (secondary N) is 2. The van der Waals surface area contributed by atoms with Crippen molar-refractivity contribution in [1.82, 2.24) is 5.43 Å². The molecule has 0 aliphatic heterocycles. The predicted octanol–water partition coefficient (Wildman–Crippen LogP) is 5.21. The number of rotatable bonds is 6. The third-order valence-electron chi connectivity index (χ3n) is 3.84. The fourth-order valence-electron chi connectivity index (χ4n) is 2.42. The van der Waals surface area contributed by atoms with Crippen molar-refractivity contribution in [3.63, 3.8) is 0 Å². The van der Waals surface area contributed by atoms with Gasteiger partial charge in [0.25, 0.3) is 5.69 Å². The van der Waals surface area contributed by atoms with Crippen molar-refractivity contribution in [2.24, 2.45) is 5.10 Å². The predicted molar refractivity (Wildman–Crippen MR) is 115 cm³/mol. The zero-order valence-corrected chi connectivity index (χ0v) is 16.3. The van der Waals surface area contributed by atoms with Crippen molar-refractivity contribution in [3.8, 4) is 0 Å². The maximum absolute atomic E-state index is 11.8. The average molecular weight is 406 g/mol. The number of nitrogens with zero attached hydrogens (tertiary/aromatic N) is 2. The molecule has 2 N–H and O–H groups in total.